The Hall–Kier alpha value is -1.61. The third-order valence-electron chi connectivity index (χ3n) is 3.46. The summed E-state index contributed by atoms with van der Waals surface area (Å²) >= 11 is 0. The quantitative estimate of drug-likeness (QED) is 0.846. The molecule has 0 heterocycles. The molecule has 1 aromatic carbocycles. The summed E-state index contributed by atoms with van der Waals surface area (Å²) in [5.41, 5.74) is 2.84. The van der Waals surface area contributed by atoms with E-state index in [0.717, 1.165) is 11.1 Å². The molecule has 0 radical (unpaired) electrons. The minimum atomic E-state index is -0.552. The number of hydrogen-bond acceptors (Lipinski definition) is 2. The van der Waals surface area contributed by atoms with Gasteiger partial charge in [-0.05, 0) is 44.9 Å². The second kappa shape index (κ2) is 6.02. The predicted octanol–water partition coefficient (Wildman–Crippen LogP) is 2.55. The van der Waals surface area contributed by atoms with Gasteiger partial charge in [0, 0.05) is 13.1 Å². The molecular formula is C16H23NO2. The first-order chi connectivity index (χ1) is 8.77. The Morgan fingerprint density at radius 1 is 1.37 bits per heavy atom. The molecule has 1 N–H and O–H groups in total. The number of rotatable bonds is 4. The number of nitrogens with zero attached hydrogens (tertiary/aromatic N) is 1. The molecule has 0 saturated carbocycles. The molecule has 1 amide bonds. The van der Waals surface area contributed by atoms with Crippen molar-refractivity contribution in [3.8, 4) is 0 Å². The molecule has 1 aromatic rings. The smallest absolute Gasteiger partial charge is 0.246 e. The summed E-state index contributed by atoms with van der Waals surface area (Å²) in [7, 11) is 1.70. The van der Waals surface area contributed by atoms with Crippen LogP contribution in [0.2, 0.25) is 0 Å². The lowest BCUT2D eigenvalue weighted by atomic mass is 10.0. The standard InChI is InChI=1S/C16H23NO2/c1-12-6-7-14(13(2)10-12)8-9-15(19)17(5)16(3,4)11-18/h6-10,18H,11H2,1-5H3/b9-8+. The van der Waals surface area contributed by atoms with Crippen molar-refractivity contribution in [2.75, 3.05) is 13.7 Å². The van der Waals surface area contributed by atoms with Gasteiger partial charge in [0.05, 0.1) is 12.1 Å². The lowest BCUT2D eigenvalue weighted by Gasteiger charge is -2.33. The normalized spacial score (nSPS) is 11.9. The molecule has 0 aliphatic rings. The van der Waals surface area contributed by atoms with E-state index in [2.05, 4.69) is 6.07 Å². The fourth-order valence-corrected chi connectivity index (χ4v) is 1.69. The van der Waals surface area contributed by atoms with Gasteiger partial charge in [0.1, 0.15) is 0 Å². The molecule has 0 atom stereocenters. The van der Waals surface area contributed by atoms with E-state index in [1.807, 2.05) is 45.9 Å². The number of amides is 1. The van der Waals surface area contributed by atoms with Crippen LogP contribution in [0.25, 0.3) is 6.08 Å². The van der Waals surface area contributed by atoms with Gasteiger partial charge in [0.2, 0.25) is 5.91 Å². The predicted molar refractivity (Wildman–Crippen MR) is 78.9 cm³/mol. The largest absolute Gasteiger partial charge is 0.394 e. The number of aliphatic hydroxyl groups is 1. The Morgan fingerprint density at radius 3 is 2.53 bits per heavy atom. The van der Waals surface area contributed by atoms with Crippen LogP contribution in [0.1, 0.15) is 30.5 Å². The van der Waals surface area contributed by atoms with Gasteiger partial charge in [-0.25, -0.2) is 0 Å². The summed E-state index contributed by atoms with van der Waals surface area (Å²) < 4.78 is 0. The summed E-state index contributed by atoms with van der Waals surface area (Å²) in [6.07, 6.45) is 3.37. The highest BCUT2D eigenvalue weighted by atomic mass is 16.3. The first-order valence-electron chi connectivity index (χ1n) is 6.42. The zero-order valence-electron chi connectivity index (χ0n) is 12.4. The maximum absolute atomic E-state index is 12.0. The highest BCUT2D eigenvalue weighted by molar-refractivity contribution is 5.92. The minimum absolute atomic E-state index is 0.0629. The van der Waals surface area contributed by atoms with Crippen LogP contribution in [0, 0.1) is 13.8 Å². The summed E-state index contributed by atoms with van der Waals surface area (Å²) in [4.78, 5) is 13.6. The molecule has 1 rings (SSSR count). The van der Waals surface area contributed by atoms with Crippen molar-refractivity contribution in [1.82, 2.24) is 4.90 Å². The van der Waals surface area contributed by atoms with Gasteiger partial charge in [0.15, 0.2) is 0 Å². The first kappa shape index (κ1) is 15.4. The van der Waals surface area contributed by atoms with Gasteiger partial charge < -0.3 is 10.0 Å². The van der Waals surface area contributed by atoms with Gasteiger partial charge in [-0.15, -0.1) is 0 Å². The van der Waals surface area contributed by atoms with Gasteiger partial charge in [-0.1, -0.05) is 23.8 Å². The molecule has 0 aromatic heterocycles. The van der Waals surface area contributed by atoms with Crippen LogP contribution in [-0.4, -0.2) is 35.1 Å². The van der Waals surface area contributed by atoms with Crippen LogP contribution >= 0.6 is 0 Å². The third-order valence-corrected chi connectivity index (χ3v) is 3.46. The van der Waals surface area contributed by atoms with Crippen molar-refractivity contribution < 1.29 is 9.90 Å². The SMILES string of the molecule is Cc1ccc(/C=C/C(=O)N(C)C(C)(C)CO)c(C)c1. The van der Waals surface area contributed by atoms with Crippen LogP contribution in [0.5, 0.6) is 0 Å². The molecule has 0 bridgehead atoms. The number of benzene rings is 1. The van der Waals surface area contributed by atoms with E-state index >= 15 is 0 Å². The summed E-state index contributed by atoms with van der Waals surface area (Å²) in [5, 5.41) is 9.26. The van der Waals surface area contributed by atoms with E-state index in [0.29, 0.717) is 0 Å². The topological polar surface area (TPSA) is 40.5 Å². The molecule has 19 heavy (non-hydrogen) atoms. The monoisotopic (exact) mass is 261 g/mol. The molecule has 0 unspecified atom stereocenters. The lowest BCUT2D eigenvalue weighted by molar-refractivity contribution is -0.130. The van der Waals surface area contributed by atoms with Gasteiger partial charge in [-0.3, -0.25) is 4.79 Å². The van der Waals surface area contributed by atoms with Crippen LogP contribution in [0.15, 0.2) is 24.3 Å². The van der Waals surface area contributed by atoms with Crippen LogP contribution < -0.4 is 0 Å². The fourth-order valence-electron chi connectivity index (χ4n) is 1.69. The molecule has 3 nitrogen and oxygen atoms in total. The van der Waals surface area contributed by atoms with Crippen molar-refractivity contribution in [3.63, 3.8) is 0 Å². The molecule has 0 aliphatic heterocycles. The van der Waals surface area contributed by atoms with Crippen LogP contribution in [-0.2, 0) is 4.79 Å². The maximum atomic E-state index is 12.0. The Morgan fingerprint density at radius 2 is 2.00 bits per heavy atom. The Kier molecular flexibility index (Phi) is 4.90. The average Bonchev–Trinajstić information content (AvgIpc) is 2.36. The van der Waals surface area contributed by atoms with Crippen molar-refractivity contribution in [2.45, 2.75) is 33.2 Å². The van der Waals surface area contributed by atoms with Crippen LogP contribution in [0.4, 0.5) is 0 Å². The molecule has 3 heteroatoms. The second-order valence-corrected chi connectivity index (χ2v) is 5.56. The van der Waals surface area contributed by atoms with Crippen molar-refractivity contribution in [3.05, 3.63) is 41.0 Å². The first-order valence-corrected chi connectivity index (χ1v) is 6.42. The average molecular weight is 261 g/mol. The molecule has 0 fully saturated rings. The summed E-state index contributed by atoms with van der Waals surface area (Å²) in [6, 6.07) is 6.12. The molecular weight excluding hydrogens is 238 g/mol. The number of likely N-dealkylation sites (N-methyl/N-ethyl adjacent to an activating group) is 1. The Labute approximate surface area is 115 Å². The highest BCUT2D eigenvalue weighted by Crippen LogP contribution is 2.14. The molecule has 0 saturated heterocycles. The van der Waals surface area contributed by atoms with E-state index in [1.165, 1.54) is 5.56 Å². The number of hydrogen-bond donors (Lipinski definition) is 1. The molecule has 0 spiro atoms. The minimum Gasteiger partial charge on any atom is -0.394 e. The number of carbonyl (C=O) groups is 1. The van der Waals surface area contributed by atoms with Gasteiger partial charge >= 0.3 is 0 Å². The van der Waals surface area contributed by atoms with Gasteiger partial charge in [0.25, 0.3) is 0 Å². The number of aliphatic hydroxyl groups excluding tert-OH is 1. The second-order valence-electron chi connectivity index (χ2n) is 5.56. The number of aryl methyl sites for hydroxylation is 2. The Balaban J connectivity index is 2.84. The van der Waals surface area contributed by atoms with E-state index < -0.39 is 5.54 Å². The van der Waals surface area contributed by atoms with E-state index in [4.69, 9.17) is 0 Å². The highest BCUT2D eigenvalue weighted by Gasteiger charge is 2.25. The van der Waals surface area contributed by atoms with Crippen LogP contribution in [0.3, 0.4) is 0 Å². The summed E-state index contributed by atoms with van der Waals surface area (Å²) in [6.45, 7) is 7.67. The number of carbonyl (C=O) groups excluding carboxylic acids is 1. The maximum Gasteiger partial charge on any atom is 0.246 e. The zero-order chi connectivity index (χ0) is 14.6. The van der Waals surface area contributed by atoms with Crippen molar-refractivity contribution >= 4 is 12.0 Å². The lowest BCUT2D eigenvalue weighted by Crippen LogP contribution is -2.47. The van der Waals surface area contributed by atoms with E-state index in [1.54, 1.807) is 18.0 Å². The summed E-state index contributed by atoms with van der Waals surface area (Å²) in [5.74, 6) is -0.112. The zero-order valence-corrected chi connectivity index (χ0v) is 12.4. The fraction of sp³-hybridized carbons (Fsp3) is 0.438. The van der Waals surface area contributed by atoms with E-state index in [-0.39, 0.29) is 12.5 Å². The van der Waals surface area contributed by atoms with E-state index in [9.17, 15) is 9.90 Å². The molecule has 0 aliphatic carbocycles. The Bertz CT molecular complexity index is 490. The van der Waals surface area contributed by atoms with Gasteiger partial charge in [-0.2, -0.15) is 0 Å². The van der Waals surface area contributed by atoms with Crippen molar-refractivity contribution in [1.29, 1.82) is 0 Å². The third kappa shape index (κ3) is 3.93. The van der Waals surface area contributed by atoms with Crippen molar-refractivity contribution in [2.24, 2.45) is 0 Å². The molecule has 104 valence electrons.